The maximum atomic E-state index is 13.2. The Morgan fingerprint density at radius 3 is 2.24 bits per heavy atom. The summed E-state index contributed by atoms with van der Waals surface area (Å²) in [6.45, 7) is 7.94. The average molecular weight is 296 g/mol. The zero-order chi connectivity index (χ0) is 16.4. The topological polar surface area (TPSA) is 78.4 Å². The van der Waals surface area contributed by atoms with Gasteiger partial charge in [-0.1, -0.05) is 0 Å². The molecule has 1 rings (SSSR count). The van der Waals surface area contributed by atoms with Gasteiger partial charge in [-0.3, -0.25) is 4.79 Å². The number of anilines is 1. The second-order valence-electron chi connectivity index (χ2n) is 6.10. The van der Waals surface area contributed by atoms with E-state index in [0.717, 1.165) is 0 Å². The van der Waals surface area contributed by atoms with Gasteiger partial charge in [-0.2, -0.15) is 0 Å². The lowest BCUT2D eigenvalue weighted by Crippen LogP contribution is -2.57. The summed E-state index contributed by atoms with van der Waals surface area (Å²) < 4.78 is 13.2. The number of carboxylic acids is 1. The Hall–Kier alpha value is -2.11. The molecule has 0 spiro atoms. The zero-order valence-electron chi connectivity index (χ0n) is 12.9. The molecule has 3 N–H and O–H groups in total. The molecule has 0 atom stereocenters. The van der Waals surface area contributed by atoms with E-state index >= 15 is 0 Å². The highest BCUT2D eigenvalue weighted by Crippen LogP contribution is 2.30. The minimum Gasteiger partial charge on any atom is -0.481 e. The summed E-state index contributed by atoms with van der Waals surface area (Å²) >= 11 is 0. The summed E-state index contributed by atoms with van der Waals surface area (Å²) in [5.74, 6) is -1.36. The fourth-order valence-corrected chi connectivity index (χ4v) is 1.59. The lowest BCUT2D eigenvalue weighted by molar-refractivity contribution is -0.150. The van der Waals surface area contributed by atoms with Gasteiger partial charge in [0, 0.05) is 5.69 Å². The molecule has 0 aliphatic carbocycles. The molecule has 116 valence electrons. The fourth-order valence-electron chi connectivity index (χ4n) is 1.59. The van der Waals surface area contributed by atoms with Gasteiger partial charge in [0.2, 0.25) is 0 Å². The van der Waals surface area contributed by atoms with E-state index in [1.54, 1.807) is 20.8 Å². The summed E-state index contributed by atoms with van der Waals surface area (Å²) in [6, 6.07) is 3.67. The Morgan fingerprint density at radius 1 is 1.19 bits per heavy atom. The highest BCUT2D eigenvalue weighted by atomic mass is 19.1. The van der Waals surface area contributed by atoms with E-state index in [1.165, 1.54) is 32.0 Å². The quantitative estimate of drug-likeness (QED) is 0.798. The number of amides is 2. The number of hydrogen-bond donors (Lipinski definition) is 3. The van der Waals surface area contributed by atoms with Crippen molar-refractivity contribution in [3.63, 3.8) is 0 Å². The first-order valence-electron chi connectivity index (χ1n) is 6.56. The van der Waals surface area contributed by atoms with Gasteiger partial charge in [-0.25, -0.2) is 9.18 Å². The van der Waals surface area contributed by atoms with Crippen molar-refractivity contribution >= 4 is 17.7 Å². The number of aryl methyl sites for hydroxylation is 1. The second-order valence-corrected chi connectivity index (χ2v) is 6.10. The third-order valence-electron chi connectivity index (χ3n) is 3.94. The van der Waals surface area contributed by atoms with E-state index in [0.29, 0.717) is 11.3 Å². The maximum absolute atomic E-state index is 13.2. The third-order valence-corrected chi connectivity index (χ3v) is 3.94. The molecule has 0 aliphatic heterocycles. The first kappa shape index (κ1) is 16.9. The highest BCUT2D eigenvalue weighted by Gasteiger charge is 2.44. The molecule has 6 heteroatoms. The summed E-state index contributed by atoms with van der Waals surface area (Å²) in [6.07, 6.45) is 0. The summed E-state index contributed by atoms with van der Waals surface area (Å²) in [5, 5.41) is 14.4. The van der Waals surface area contributed by atoms with Crippen LogP contribution in [0.3, 0.4) is 0 Å². The Morgan fingerprint density at radius 2 is 1.76 bits per heavy atom. The van der Waals surface area contributed by atoms with E-state index in [9.17, 15) is 19.1 Å². The number of carbonyl (C=O) groups excluding carboxylic acids is 1. The lowest BCUT2D eigenvalue weighted by Gasteiger charge is -2.38. The van der Waals surface area contributed by atoms with Crippen molar-refractivity contribution in [2.45, 2.75) is 40.2 Å². The molecule has 0 fully saturated rings. The predicted molar refractivity (Wildman–Crippen MR) is 78.8 cm³/mol. The number of carbonyl (C=O) groups is 2. The molecule has 0 aromatic heterocycles. The monoisotopic (exact) mass is 296 g/mol. The smallest absolute Gasteiger partial charge is 0.319 e. The predicted octanol–water partition coefficient (Wildman–Crippen LogP) is 3.15. The van der Waals surface area contributed by atoms with Crippen molar-refractivity contribution in [1.82, 2.24) is 5.32 Å². The summed E-state index contributed by atoms with van der Waals surface area (Å²) in [4.78, 5) is 23.3. The van der Waals surface area contributed by atoms with E-state index in [-0.39, 0.29) is 5.82 Å². The number of benzene rings is 1. The molecule has 0 saturated heterocycles. The minimum atomic E-state index is -1.15. The van der Waals surface area contributed by atoms with Crippen LogP contribution in [-0.2, 0) is 4.79 Å². The first-order valence-corrected chi connectivity index (χ1v) is 6.56. The SMILES string of the molecule is Cc1cc(NC(=O)NC(C)(C)C(C)(C)C(=O)O)ccc1F. The Bertz CT molecular complexity index is 568. The molecule has 0 unspecified atom stereocenters. The largest absolute Gasteiger partial charge is 0.481 e. The van der Waals surface area contributed by atoms with E-state index in [1.807, 2.05) is 0 Å². The molecular weight excluding hydrogens is 275 g/mol. The van der Waals surface area contributed by atoms with Crippen molar-refractivity contribution in [3.05, 3.63) is 29.6 Å². The Kier molecular flexibility index (Phi) is 4.61. The van der Waals surface area contributed by atoms with Crippen molar-refractivity contribution < 1.29 is 19.1 Å². The molecule has 21 heavy (non-hydrogen) atoms. The molecular formula is C15H21FN2O3. The van der Waals surface area contributed by atoms with Crippen molar-refractivity contribution in [2.24, 2.45) is 5.41 Å². The van der Waals surface area contributed by atoms with Crippen molar-refractivity contribution in [2.75, 3.05) is 5.32 Å². The summed E-state index contributed by atoms with van der Waals surface area (Å²) in [5.41, 5.74) is -1.27. The number of carboxylic acid groups (broad SMARTS) is 1. The maximum Gasteiger partial charge on any atom is 0.319 e. The van der Waals surface area contributed by atoms with Crippen LogP contribution < -0.4 is 10.6 Å². The number of urea groups is 1. The molecule has 0 bridgehead atoms. The van der Waals surface area contributed by atoms with Crippen LogP contribution in [-0.4, -0.2) is 22.6 Å². The van der Waals surface area contributed by atoms with Gasteiger partial charge in [-0.05, 0) is 58.4 Å². The van der Waals surface area contributed by atoms with Gasteiger partial charge in [0.25, 0.3) is 0 Å². The number of hydrogen-bond acceptors (Lipinski definition) is 2. The van der Waals surface area contributed by atoms with Crippen molar-refractivity contribution in [1.29, 1.82) is 0 Å². The van der Waals surface area contributed by atoms with E-state index in [4.69, 9.17) is 0 Å². The van der Waals surface area contributed by atoms with Crippen LogP contribution in [0.25, 0.3) is 0 Å². The standard InChI is InChI=1S/C15H21FN2O3/c1-9-8-10(6-7-11(9)16)17-13(21)18-15(4,5)14(2,3)12(19)20/h6-8H,1-5H3,(H,19,20)(H2,17,18,21). The molecule has 1 aromatic rings. The number of halogens is 1. The van der Waals surface area contributed by atoms with Gasteiger partial charge < -0.3 is 15.7 Å². The highest BCUT2D eigenvalue weighted by molar-refractivity contribution is 5.90. The molecule has 0 radical (unpaired) electrons. The minimum absolute atomic E-state index is 0.353. The van der Waals surface area contributed by atoms with Crippen LogP contribution in [0.2, 0.25) is 0 Å². The van der Waals surface area contributed by atoms with Gasteiger partial charge in [0.05, 0.1) is 11.0 Å². The number of nitrogens with one attached hydrogen (secondary N) is 2. The van der Waals surface area contributed by atoms with E-state index in [2.05, 4.69) is 10.6 Å². The average Bonchev–Trinajstić information content (AvgIpc) is 2.32. The van der Waals surface area contributed by atoms with Gasteiger partial charge >= 0.3 is 12.0 Å². The zero-order valence-corrected chi connectivity index (χ0v) is 12.9. The van der Waals surface area contributed by atoms with Crippen LogP contribution in [0.15, 0.2) is 18.2 Å². The molecule has 0 aliphatic rings. The molecule has 0 saturated carbocycles. The van der Waals surface area contributed by atoms with Crippen LogP contribution in [0.5, 0.6) is 0 Å². The molecule has 1 aromatic carbocycles. The van der Waals surface area contributed by atoms with Gasteiger partial charge in [0.1, 0.15) is 5.82 Å². The Labute approximate surface area is 123 Å². The second kappa shape index (κ2) is 5.71. The van der Waals surface area contributed by atoms with Crippen LogP contribution in [0.4, 0.5) is 14.9 Å². The molecule has 5 nitrogen and oxygen atoms in total. The fraction of sp³-hybridized carbons (Fsp3) is 0.467. The van der Waals surface area contributed by atoms with Crippen LogP contribution in [0, 0.1) is 18.2 Å². The van der Waals surface area contributed by atoms with Crippen LogP contribution in [0.1, 0.15) is 33.3 Å². The number of rotatable bonds is 4. The lowest BCUT2D eigenvalue weighted by atomic mass is 9.74. The molecule has 0 heterocycles. The van der Waals surface area contributed by atoms with Gasteiger partial charge in [-0.15, -0.1) is 0 Å². The van der Waals surface area contributed by atoms with Gasteiger partial charge in [0.15, 0.2) is 0 Å². The molecule has 2 amide bonds. The van der Waals surface area contributed by atoms with E-state index < -0.39 is 23.0 Å². The normalized spacial score (nSPS) is 11.9. The van der Waals surface area contributed by atoms with Crippen LogP contribution >= 0.6 is 0 Å². The Balaban J connectivity index is 2.81. The summed E-state index contributed by atoms with van der Waals surface area (Å²) in [7, 11) is 0. The van der Waals surface area contributed by atoms with Crippen molar-refractivity contribution in [3.8, 4) is 0 Å². The number of aliphatic carboxylic acids is 1. The third kappa shape index (κ3) is 3.71. The first-order chi connectivity index (χ1) is 9.47.